The van der Waals surface area contributed by atoms with Crippen LogP contribution in [0.25, 0.3) is 10.8 Å². The van der Waals surface area contributed by atoms with Crippen LogP contribution in [-0.4, -0.2) is 11.0 Å². The highest BCUT2D eigenvalue weighted by Gasteiger charge is 2.11. The van der Waals surface area contributed by atoms with E-state index in [-0.39, 0.29) is 11.7 Å². The van der Waals surface area contributed by atoms with Gasteiger partial charge in [0, 0.05) is 22.0 Å². The number of hydrogen-bond acceptors (Lipinski definition) is 2. The van der Waals surface area contributed by atoms with Crippen molar-refractivity contribution in [3.63, 3.8) is 0 Å². The van der Waals surface area contributed by atoms with Crippen LogP contribution in [0, 0.1) is 6.92 Å². The second-order valence-electron chi connectivity index (χ2n) is 4.95. The standard InChI is InChI=1S/C18H15NO2/c1-12-6-2-3-7-13(12)18(21)19-16-10-4-9-15-14(16)8-5-11-17(15)20/h2-11,20H,1H3,(H,19,21). The lowest BCUT2D eigenvalue weighted by atomic mass is 10.1. The molecule has 1 amide bonds. The molecule has 0 aromatic heterocycles. The summed E-state index contributed by atoms with van der Waals surface area (Å²) < 4.78 is 0. The summed E-state index contributed by atoms with van der Waals surface area (Å²) in [5.41, 5.74) is 2.27. The predicted octanol–water partition coefficient (Wildman–Crippen LogP) is 4.11. The summed E-state index contributed by atoms with van der Waals surface area (Å²) in [4.78, 5) is 12.4. The molecule has 3 aromatic rings. The number of phenols is 1. The van der Waals surface area contributed by atoms with Gasteiger partial charge in [-0.25, -0.2) is 0 Å². The normalized spacial score (nSPS) is 10.5. The Morgan fingerprint density at radius 2 is 1.62 bits per heavy atom. The summed E-state index contributed by atoms with van der Waals surface area (Å²) in [5.74, 6) is 0.0587. The zero-order valence-corrected chi connectivity index (χ0v) is 11.6. The topological polar surface area (TPSA) is 49.3 Å². The van der Waals surface area contributed by atoms with E-state index in [1.165, 1.54) is 0 Å². The molecule has 3 rings (SSSR count). The molecule has 0 spiro atoms. The quantitative estimate of drug-likeness (QED) is 0.740. The van der Waals surface area contributed by atoms with Gasteiger partial charge in [0.2, 0.25) is 0 Å². The molecule has 0 aliphatic carbocycles. The maximum absolute atomic E-state index is 12.4. The summed E-state index contributed by atoms with van der Waals surface area (Å²) in [6.45, 7) is 1.91. The third-order valence-corrected chi connectivity index (χ3v) is 3.54. The van der Waals surface area contributed by atoms with Crippen LogP contribution in [0.1, 0.15) is 15.9 Å². The number of carbonyl (C=O) groups is 1. The zero-order chi connectivity index (χ0) is 14.8. The van der Waals surface area contributed by atoms with E-state index in [0.29, 0.717) is 11.3 Å². The van der Waals surface area contributed by atoms with Crippen LogP contribution in [0.5, 0.6) is 5.75 Å². The van der Waals surface area contributed by atoms with Gasteiger partial charge in [0.05, 0.1) is 0 Å². The minimum atomic E-state index is -0.149. The first-order valence-electron chi connectivity index (χ1n) is 6.74. The molecule has 0 saturated heterocycles. The number of nitrogens with one attached hydrogen (secondary N) is 1. The third-order valence-electron chi connectivity index (χ3n) is 3.54. The Hall–Kier alpha value is -2.81. The number of aryl methyl sites for hydroxylation is 1. The van der Waals surface area contributed by atoms with Crippen molar-refractivity contribution in [2.45, 2.75) is 6.92 Å². The molecule has 0 aliphatic rings. The fourth-order valence-electron chi connectivity index (χ4n) is 2.42. The molecule has 0 heterocycles. The second-order valence-corrected chi connectivity index (χ2v) is 4.95. The van der Waals surface area contributed by atoms with Gasteiger partial charge in [-0.2, -0.15) is 0 Å². The van der Waals surface area contributed by atoms with Crippen LogP contribution in [0.3, 0.4) is 0 Å². The van der Waals surface area contributed by atoms with Crippen LogP contribution in [0.15, 0.2) is 60.7 Å². The molecular weight excluding hydrogens is 262 g/mol. The Bertz CT molecular complexity index is 824. The number of amides is 1. The lowest BCUT2D eigenvalue weighted by Crippen LogP contribution is -2.13. The molecule has 21 heavy (non-hydrogen) atoms. The minimum absolute atomic E-state index is 0.149. The van der Waals surface area contributed by atoms with E-state index in [2.05, 4.69) is 5.32 Å². The number of benzene rings is 3. The van der Waals surface area contributed by atoms with Gasteiger partial charge < -0.3 is 10.4 Å². The molecular formula is C18H15NO2. The van der Waals surface area contributed by atoms with Crippen molar-refractivity contribution in [3.8, 4) is 5.75 Å². The number of phenolic OH excluding ortho intramolecular Hbond substituents is 1. The van der Waals surface area contributed by atoms with E-state index in [1.54, 1.807) is 18.2 Å². The Labute approximate surface area is 122 Å². The molecule has 3 nitrogen and oxygen atoms in total. The molecule has 0 unspecified atom stereocenters. The van der Waals surface area contributed by atoms with Gasteiger partial charge in [-0.05, 0) is 30.7 Å². The maximum Gasteiger partial charge on any atom is 0.255 e. The van der Waals surface area contributed by atoms with Gasteiger partial charge in [-0.1, -0.05) is 42.5 Å². The van der Waals surface area contributed by atoms with Crippen LogP contribution in [-0.2, 0) is 0 Å². The van der Waals surface area contributed by atoms with Crippen molar-refractivity contribution in [1.82, 2.24) is 0 Å². The fraction of sp³-hybridized carbons (Fsp3) is 0.0556. The highest BCUT2D eigenvalue weighted by Crippen LogP contribution is 2.30. The van der Waals surface area contributed by atoms with Crippen molar-refractivity contribution < 1.29 is 9.90 Å². The minimum Gasteiger partial charge on any atom is -0.507 e. The summed E-state index contributed by atoms with van der Waals surface area (Å²) in [5, 5.41) is 14.3. The number of hydrogen-bond donors (Lipinski definition) is 2. The molecule has 2 N–H and O–H groups in total. The highest BCUT2D eigenvalue weighted by atomic mass is 16.3. The molecule has 0 radical (unpaired) electrons. The molecule has 3 aromatic carbocycles. The van der Waals surface area contributed by atoms with E-state index in [1.807, 2.05) is 49.4 Å². The van der Waals surface area contributed by atoms with E-state index < -0.39 is 0 Å². The first-order valence-corrected chi connectivity index (χ1v) is 6.74. The van der Waals surface area contributed by atoms with E-state index in [9.17, 15) is 9.90 Å². The summed E-state index contributed by atoms with van der Waals surface area (Å²) in [6, 6.07) is 18.2. The zero-order valence-electron chi connectivity index (χ0n) is 11.6. The molecule has 3 heteroatoms. The van der Waals surface area contributed by atoms with Gasteiger partial charge in [0.15, 0.2) is 0 Å². The molecule has 0 fully saturated rings. The van der Waals surface area contributed by atoms with E-state index >= 15 is 0 Å². The van der Waals surface area contributed by atoms with Crippen LogP contribution in [0.4, 0.5) is 5.69 Å². The SMILES string of the molecule is Cc1ccccc1C(=O)Nc1cccc2c(O)cccc12. The Morgan fingerprint density at radius 1 is 0.905 bits per heavy atom. The number of rotatable bonds is 2. The van der Waals surface area contributed by atoms with Crippen molar-refractivity contribution in [2.75, 3.05) is 5.32 Å². The van der Waals surface area contributed by atoms with Crippen LogP contribution < -0.4 is 5.32 Å². The smallest absolute Gasteiger partial charge is 0.255 e. The molecule has 0 saturated carbocycles. The maximum atomic E-state index is 12.4. The Kier molecular flexibility index (Phi) is 3.32. The summed E-state index contributed by atoms with van der Waals surface area (Å²) >= 11 is 0. The average Bonchev–Trinajstić information content (AvgIpc) is 2.49. The van der Waals surface area contributed by atoms with Gasteiger partial charge in [0.1, 0.15) is 5.75 Å². The van der Waals surface area contributed by atoms with Gasteiger partial charge in [-0.15, -0.1) is 0 Å². The fourth-order valence-corrected chi connectivity index (χ4v) is 2.42. The molecule has 0 atom stereocenters. The van der Waals surface area contributed by atoms with E-state index in [4.69, 9.17) is 0 Å². The average molecular weight is 277 g/mol. The van der Waals surface area contributed by atoms with Gasteiger partial charge in [-0.3, -0.25) is 4.79 Å². The predicted molar refractivity (Wildman–Crippen MR) is 84.7 cm³/mol. The Morgan fingerprint density at radius 3 is 2.43 bits per heavy atom. The van der Waals surface area contributed by atoms with E-state index in [0.717, 1.165) is 16.3 Å². The lowest BCUT2D eigenvalue weighted by Gasteiger charge is -2.10. The monoisotopic (exact) mass is 277 g/mol. The van der Waals surface area contributed by atoms with Crippen molar-refractivity contribution >= 4 is 22.4 Å². The highest BCUT2D eigenvalue weighted by molar-refractivity contribution is 6.10. The number of fused-ring (bicyclic) bond motifs is 1. The second kappa shape index (κ2) is 5.29. The van der Waals surface area contributed by atoms with Crippen molar-refractivity contribution in [1.29, 1.82) is 0 Å². The number of anilines is 1. The lowest BCUT2D eigenvalue weighted by molar-refractivity contribution is 0.102. The van der Waals surface area contributed by atoms with Crippen LogP contribution >= 0.6 is 0 Å². The van der Waals surface area contributed by atoms with Crippen molar-refractivity contribution in [2.24, 2.45) is 0 Å². The summed E-state index contributed by atoms with van der Waals surface area (Å²) in [7, 11) is 0. The molecule has 0 aliphatic heterocycles. The molecule has 104 valence electrons. The largest absolute Gasteiger partial charge is 0.507 e. The third kappa shape index (κ3) is 2.46. The number of aromatic hydroxyl groups is 1. The van der Waals surface area contributed by atoms with Gasteiger partial charge >= 0.3 is 0 Å². The first-order chi connectivity index (χ1) is 10.2. The van der Waals surface area contributed by atoms with Crippen molar-refractivity contribution in [3.05, 3.63) is 71.8 Å². The van der Waals surface area contributed by atoms with Crippen LogP contribution in [0.2, 0.25) is 0 Å². The first kappa shape index (κ1) is 13.2. The summed E-state index contributed by atoms with van der Waals surface area (Å²) in [6.07, 6.45) is 0. The van der Waals surface area contributed by atoms with Gasteiger partial charge in [0.25, 0.3) is 5.91 Å². The molecule has 0 bridgehead atoms. The number of carbonyl (C=O) groups excluding carboxylic acids is 1. The Balaban J connectivity index is 2.01.